The second-order valence-corrected chi connectivity index (χ2v) is 6.38. The lowest BCUT2D eigenvalue weighted by molar-refractivity contribution is 0.647. The van der Waals surface area contributed by atoms with Crippen LogP contribution in [-0.4, -0.2) is 20.6 Å². The summed E-state index contributed by atoms with van der Waals surface area (Å²) >= 11 is 0. The van der Waals surface area contributed by atoms with E-state index in [1.54, 1.807) is 16.8 Å². The van der Waals surface area contributed by atoms with E-state index < -0.39 is 0 Å². The van der Waals surface area contributed by atoms with Gasteiger partial charge in [0.25, 0.3) is 5.56 Å². The molecule has 0 aliphatic carbocycles. The Morgan fingerprint density at radius 3 is 2.72 bits per heavy atom. The van der Waals surface area contributed by atoms with Gasteiger partial charge in [-0.05, 0) is 39.3 Å². The molecule has 0 amide bonds. The maximum atomic E-state index is 12.6. The maximum absolute atomic E-state index is 12.6. The quantitative estimate of drug-likeness (QED) is 0.711. The zero-order valence-corrected chi connectivity index (χ0v) is 15.3. The largest absolute Gasteiger partial charge is 0.384 e. The van der Waals surface area contributed by atoms with E-state index in [4.69, 9.17) is 5.73 Å². The summed E-state index contributed by atoms with van der Waals surface area (Å²) in [6.45, 7) is 12.7. The van der Waals surface area contributed by atoms with Crippen LogP contribution in [0.5, 0.6) is 0 Å². The first kappa shape index (κ1) is 18.5. The van der Waals surface area contributed by atoms with Gasteiger partial charge in [-0.3, -0.25) is 4.79 Å². The van der Waals surface area contributed by atoms with E-state index in [1.165, 1.54) is 0 Å². The van der Waals surface area contributed by atoms with Crippen molar-refractivity contribution in [2.24, 2.45) is 0 Å². The zero-order valence-electron chi connectivity index (χ0n) is 15.3. The molecule has 0 aromatic carbocycles. The fourth-order valence-electron chi connectivity index (χ4n) is 2.40. The lowest BCUT2D eigenvalue weighted by Gasteiger charge is -2.16. The molecule has 0 saturated carbocycles. The van der Waals surface area contributed by atoms with E-state index in [1.807, 2.05) is 33.8 Å². The molecule has 0 bridgehead atoms. The molecule has 4 N–H and O–H groups in total. The highest BCUT2D eigenvalue weighted by Crippen LogP contribution is 2.09. The van der Waals surface area contributed by atoms with Gasteiger partial charge in [0.05, 0.1) is 6.54 Å². The van der Waals surface area contributed by atoms with Crippen molar-refractivity contribution in [1.29, 1.82) is 0 Å². The molecule has 0 unspecified atom stereocenters. The molecule has 0 spiro atoms. The number of allylic oxidation sites excluding steroid dienone is 1. The van der Waals surface area contributed by atoms with Crippen LogP contribution in [0.4, 0.5) is 11.6 Å². The number of nitrogen functional groups attached to an aromatic ring is 1. The van der Waals surface area contributed by atoms with Crippen LogP contribution in [0.1, 0.15) is 30.8 Å². The summed E-state index contributed by atoms with van der Waals surface area (Å²) in [4.78, 5) is 21.0. The summed E-state index contributed by atoms with van der Waals surface area (Å²) in [6.07, 6.45) is 1.69. The predicted molar refractivity (Wildman–Crippen MR) is 101 cm³/mol. The van der Waals surface area contributed by atoms with Crippen LogP contribution in [0.3, 0.4) is 0 Å². The SMILES string of the molecule is C=C(Cn1c(C)cnc(NC(C)C)c1=O)NCc1ccc(N)nc1C. The Morgan fingerprint density at radius 2 is 2.08 bits per heavy atom. The third-order valence-electron chi connectivity index (χ3n) is 3.77. The summed E-state index contributed by atoms with van der Waals surface area (Å²) in [7, 11) is 0. The molecule has 0 fully saturated rings. The van der Waals surface area contributed by atoms with E-state index in [9.17, 15) is 4.79 Å². The summed E-state index contributed by atoms with van der Waals surface area (Å²) in [5, 5.41) is 6.32. The molecule has 0 aliphatic heterocycles. The lowest BCUT2D eigenvalue weighted by Crippen LogP contribution is -2.31. The third kappa shape index (κ3) is 4.82. The van der Waals surface area contributed by atoms with Crippen molar-refractivity contribution >= 4 is 11.6 Å². The number of nitrogens with one attached hydrogen (secondary N) is 2. The first-order valence-electron chi connectivity index (χ1n) is 8.24. The molecular formula is C18H26N6O. The van der Waals surface area contributed by atoms with Crippen LogP contribution in [0.25, 0.3) is 0 Å². The first-order valence-corrected chi connectivity index (χ1v) is 8.24. The smallest absolute Gasteiger partial charge is 0.293 e. The Bertz CT molecular complexity index is 825. The maximum Gasteiger partial charge on any atom is 0.293 e. The molecular weight excluding hydrogens is 316 g/mol. The molecule has 0 saturated heterocycles. The van der Waals surface area contributed by atoms with Crippen LogP contribution < -0.4 is 21.9 Å². The fourth-order valence-corrected chi connectivity index (χ4v) is 2.40. The standard InChI is InChI=1S/C18H26N6O/c1-11(2)22-17-18(25)24(13(4)8-21-17)10-12(3)20-9-15-6-7-16(19)23-14(15)5/h6-8,11,20H,3,9-10H2,1-2,4-5H3,(H2,19,23)(H,21,22). The average molecular weight is 342 g/mol. The van der Waals surface area contributed by atoms with Gasteiger partial charge in [-0.25, -0.2) is 9.97 Å². The molecule has 134 valence electrons. The average Bonchev–Trinajstić information content (AvgIpc) is 2.53. The third-order valence-corrected chi connectivity index (χ3v) is 3.77. The Balaban J connectivity index is 2.08. The molecule has 7 nitrogen and oxygen atoms in total. The van der Waals surface area contributed by atoms with Gasteiger partial charge in [0.15, 0.2) is 5.82 Å². The van der Waals surface area contributed by atoms with Gasteiger partial charge in [0.2, 0.25) is 0 Å². The van der Waals surface area contributed by atoms with Crippen molar-refractivity contribution in [2.45, 2.75) is 46.8 Å². The molecule has 2 heterocycles. The van der Waals surface area contributed by atoms with Crippen molar-refractivity contribution in [3.8, 4) is 0 Å². The summed E-state index contributed by atoms with van der Waals surface area (Å²) in [6, 6.07) is 3.85. The molecule has 7 heteroatoms. The minimum absolute atomic E-state index is 0.138. The number of anilines is 2. The lowest BCUT2D eigenvalue weighted by atomic mass is 10.2. The second-order valence-electron chi connectivity index (χ2n) is 6.38. The van der Waals surface area contributed by atoms with E-state index in [2.05, 4.69) is 27.2 Å². The van der Waals surface area contributed by atoms with E-state index in [0.717, 1.165) is 22.6 Å². The second kappa shape index (κ2) is 7.83. The van der Waals surface area contributed by atoms with Gasteiger partial charge in [-0.1, -0.05) is 12.6 Å². The van der Waals surface area contributed by atoms with E-state index >= 15 is 0 Å². The predicted octanol–water partition coefficient (Wildman–Crippen LogP) is 1.96. The normalized spacial score (nSPS) is 10.8. The number of hydrogen-bond acceptors (Lipinski definition) is 6. The molecule has 2 aromatic heterocycles. The van der Waals surface area contributed by atoms with Gasteiger partial charge in [0, 0.05) is 35.9 Å². The molecule has 25 heavy (non-hydrogen) atoms. The Morgan fingerprint density at radius 1 is 1.36 bits per heavy atom. The Kier molecular flexibility index (Phi) is 5.80. The Hall–Kier alpha value is -2.83. The van der Waals surface area contributed by atoms with Crippen LogP contribution in [0.2, 0.25) is 0 Å². The Labute approximate surface area is 148 Å². The summed E-state index contributed by atoms with van der Waals surface area (Å²) in [5.41, 5.74) is 8.96. The summed E-state index contributed by atoms with van der Waals surface area (Å²) in [5.74, 6) is 0.858. The van der Waals surface area contributed by atoms with E-state index in [0.29, 0.717) is 24.7 Å². The number of hydrogen-bond donors (Lipinski definition) is 3. The number of aryl methyl sites for hydroxylation is 2. The van der Waals surface area contributed by atoms with Crippen LogP contribution >= 0.6 is 0 Å². The van der Waals surface area contributed by atoms with Crippen LogP contribution in [-0.2, 0) is 13.1 Å². The van der Waals surface area contributed by atoms with Crippen LogP contribution in [0, 0.1) is 13.8 Å². The number of aromatic nitrogens is 3. The van der Waals surface area contributed by atoms with Crippen LogP contribution in [0.15, 0.2) is 35.4 Å². The summed E-state index contributed by atoms with van der Waals surface area (Å²) < 4.78 is 1.65. The topological polar surface area (TPSA) is 97.9 Å². The monoisotopic (exact) mass is 342 g/mol. The van der Waals surface area contributed by atoms with Gasteiger partial charge in [-0.15, -0.1) is 0 Å². The molecule has 2 rings (SSSR count). The fraction of sp³-hybridized carbons (Fsp3) is 0.389. The molecule has 2 aromatic rings. The van der Waals surface area contributed by atoms with Gasteiger partial charge >= 0.3 is 0 Å². The highest BCUT2D eigenvalue weighted by Gasteiger charge is 2.10. The molecule has 0 aliphatic rings. The van der Waals surface area contributed by atoms with Crippen molar-refractivity contribution in [3.63, 3.8) is 0 Å². The minimum Gasteiger partial charge on any atom is -0.384 e. The van der Waals surface area contributed by atoms with E-state index in [-0.39, 0.29) is 11.6 Å². The van der Waals surface area contributed by atoms with Gasteiger partial charge in [-0.2, -0.15) is 0 Å². The van der Waals surface area contributed by atoms with Gasteiger partial charge < -0.3 is 20.9 Å². The number of rotatable bonds is 7. The highest BCUT2D eigenvalue weighted by atomic mass is 16.1. The van der Waals surface area contributed by atoms with Crippen molar-refractivity contribution in [3.05, 3.63) is 57.9 Å². The number of nitrogens with two attached hydrogens (primary N) is 1. The van der Waals surface area contributed by atoms with Crippen molar-refractivity contribution < 1.29 is 0 Å². The first-order chi connectivity index (χ1) is 11.8. The molecule has 0 atom stereocenters. The number of nitrogens with zero attached hydrogens (tertiary/aromatic N) is 3. The molecule has 0 radical (unpaired) electrons. The zero-order chi connectivity index (χ0) is 18.6. The van der Waals surface area contributed by atoms with Gasteiger partial charge in [0.1, 0.15) is 5.82 Å². The number of pyridine rings is 1. The minimum atomic E-state index is -0.151. The van der Waals surface area contributed by atoms with Crippen molar-refractivity contribution in [1.82, 2.24) is 19.9 Å². The highest BCUT2D eigenvalue weighted by molar-refractivity contribution is 5.34. The van der Waals surface area contributed by atoms with Crippen molar-refractivity contribution in [2.75, 3.05) is 11.1 Å².